The number of halogens is 2. The van der Waals surface area contributed by atoms with Gasteiger partial charge in [0.15, 0.2) is 9.84 Å². The van der Waals surface area contributed by atoms with Gasteiger partial charge in [-0.15, -0.1) is 0 Å². The van der Waals surface area contributed by atoms with Crippen LogP contribution in [0, 0.1) is 0 Å². The molecule has 1 atom stereocenters. The third-order valence-corrected chi connectivity index (χ3v) is 7.53. The maximum absolute atomic E-state index is 12.5. The maximum Gasteiger partial charge on any atom is 0.326 e. The molecule has 184 valence electrons. The monoisotopic (exact) mass is 535 g/mol. The SMILES string of the molecule is CCCS(=O)(=O)c1cccc(N[C@@H](Cc2ccc(NC(=O)c3c(Cl)cncc3Cl)cc2)C(=O)O)c1. The second-order valence-electron chi connectivity index (χ2n) is 7.72. The Bertz CT molecular complexity index is 1310. The Morgan fingerprint density at radius 1 is 1.03 bits per heavy atom. The van der Waals surface area contributed by atoms with Crippen LogP contribution in [-0.2, 0) is 21.1 Å². The fraction of sp³-hybridized carbons (Fsp3) is 0.208. The van der Waals surface area contributed by atoms with E-state index >= 15 is 0 Å². The molecule has 3 rings (SSSR count). The zero-order valence-corrected chi connectivity index (χ0v) is 21.0. The van der Waals surface area contributed by atoms with Gasteiger partial charge in [-0.05, 0) is 42.3 Å². The minimum absolute atomic E-state index is 0.0152. The van der Waals surface area contributed by atoms with Crippen LogP contribution >= 0.6 is 23.2 Å². The summed E-state index contributed by atoms with van der Waals surface area (Å²) in [7, 11) is -3.43. The minimum Gasteiger partial charge on any atom is -0.480 e. The van der Waals surface area contributed by atoms with Crippen LogP contribution in [0.2, 0.25) is 10.0 Å². The van der Waals surface area contributed by atoms with Crippen LogP contribution in [0.25, 0.3) is 0 Å². The number of nitrogens with one attached hydrogen (secondary N) is 2. The van der Waals surface area contributed by atoms with Gasteiger partial charge in [0.2, 0.25) is 0 Å². The number of hydrogen-bond donors (Lipinski definition) is 3. The average Bonchev–Trinajstić information content (AvgIpc) is 2.80. The number of aromatic nitrogens is 1. The number of sulfone groups is 1. The molecule has 0 bridgehead atoms. The van der Waals surface area contributed by atoms with Gasteiger partial charge in [0.25, 0.3) is 5.91 Å². The number of aliphatic carboxylic acids is 1. The Morgan fingerprint density at radius 3 is 2.29 bits per heavy atom. The zero-order chi connectivity index (χ0) is 25.6. The lowest BCUT2D eigenvalue weighted by atomic mass is 10.0. The summed E-state index contributed by atoms with van der Waals surface area (Å²) >= 11 is 12.0. The minimum atomic E-state index is -3.43. The smallest absolute Gasteiger partial charge is 0.326 e. The van der Waals surface area contributed by atoms with Gasteiger partial charge in [0, 0.05) is 30.2 Å². The molecular weight excluding hydrogens is 513 g/mol. The summed E-state index contributed by atoms with van der Waals surface area (Å²) in [5.74, 6) is -1.58. The molecule has 0 fully saturated rings. The molecule has 35 heavy (non-hydrogen) atoms. The van der Waals surface area contributed by atoms with E-state index in [1.807, 2.05) is 0 Å². The molecule has 0 spiro atoms. The predicted molar refractivity (Wildman–Crippen MR) is 136 cm³/mol. The second kappa shape index (κ2) is 11.5. The fourth-order valence-corrected chi connectivity index (χ4v) is 5.25. The first-order valence-electron chi connectivity index (χ1n) is 10.6. The lowest BCUT2D eigenvalue weighted by Crippen LogP contribution is -2.31. The molecule has 0 aliphatic rings. The first-order chi connectivity index (χ1) is 16.6. The van der Waals surface area contributed by atoms with Crippen LogP contribution in [0.1, 0.15) is 29.3 Å². The highest BCUT2D eigenvalue weighted by Gasteiger charge is 2.20. The van der Waals surface area contributed by atoms with Crippen molar-refractivity contribution in [3.8, 4) is 0 Å². The van der Waals surface area contributed by atoms with E-state index in [1.165, 1.54) is 24.5 Å². The predicted octanol–water partition coefficient (Wildman–Crippen LogP) is 4.93. The largest absolute Gasteiger partial charge is 0.480 e. The van der Waals surface area contributed by atoms with E-state index in [-0.39, 0.29) is 32.7 Å². The van der Waals surface area contributed by atoms with Gasteiger partial charge in [0.1, 0.15) is 6.04 Å². The van der Waals surface area contributed by atoms with Crippen LogP contribution in [0.3, 0.4) is 0 Å². The van der Waals surface area contributed by atoms with Crippen molar-refractivity contribution in [2.75, 3.05) is 16.4 Å². The maximum atomic E-state index is 12.5. The van der Waals surface area contributed by atoms with Gasteiger partial charge in [0.05, 0.1) is 26.3 Å². The van der Waals surface area contributed by atoms with Gasteiger partial charge < -0.3 is 15.7 Å². The molecule has 0 aliphatic carbocycles. The number of pyridine rings is 1. The molecule has 1 amide bonds. The van der Waals surface area contributed by atoms with E-state index < -0.39 is 27.8 Å². The molecule has 8 nitrogen and oxygen atoms in total. The number of hydrogen-bond acceptors (Lipinski definition) is 6. The van der Waals surface area contributed by atoms with Gasteiger partial charge in [-0.2, -0.15) is 0 Å². The lowest BCUT2D eigenvalue weighted by Gasteiger charge is -2.17. The standard InChI is InChI=1S/C24H23Cl2N3O5S/c1-2-10-35(33,34)18-5-3-4-17(12-18)28-21(24(31)32)11-15-6-8-16(9-7-15)29-23(30)22-19(25)13-27-14-20(22)26/h3-9,12-14,21,28H,2,10-11H2,1H3,(H,29,30)(H,31,32)/t21-/m0/s1. The molecule has 3 aromatic rings. The topological polar surface area (TPSA) is 125 Å². The molecular formula is C24H23Cl2N3O5S. The number of carboxylic acids is 1. The lowest BCUT2D eigenvalue weighted by molar-refractivity contribution is -0.137. The number of anilines is 2. The average molecular weight is 536 g/mol. The Balaban J connectivity index is 1.70. The van der Waals surface area contributed by atoms with E-state index in [9.17, 15) is 23.1 Å². The number of amides is 1. The third kappa shape index (κ3) is 6.94. The van der Waals surface area contributed by atoms with Crippen LogP contribution in [0.15, 0.2) is 65.8 Å². The molecule has 0 saturated carbocycles. The number of nitrogens with zero attached hydrogens (tertiary/aromatic N) is 1. The second-order valence-corrected chi connectivity index (χ2v) is 10.6. The van der Waals surface area contributed by atoms with E-state index in [0.717, 1.165) is 0 Å². The van der Waals surface area contributed by atoms with Crippen LogP contribution in [0.4, 0.5) is 11.4 Å². The van der Waals surface area contributed by atoms with Gasteiger partial charge in [-0.3, -0.25) is 9.78 Å². The normalized spacial score (nSPS) is 12.1. The Morgan fingerprint density at radius 2 is 1.69 bits per heavy atom. The Labute approximate surface area is 213 Å². The van der Waals surface area contributed by atoms with Crippen LogP contribution in [0.5, 0.6) is 0 Å². The summed E-state index contributed by atoms with van der Waals surface area (Å²) in [5, 5.41) is 15.5. The number of carboxylic acid groups (broad SMARTS) is 1. The van der Waals surface area contributed by atoms with E-state index in [2.05, 4.69) is 15.6 Å². The summed E-state index contributed by atoms with van der Waals surface area (Å²) in [4.78, 5) is 28.3. The highest BCUT2D eigenvalue weighted by Crippen LogP contribution is 2.24. The summed E-state index contributed by atoms with van der Waals surface area (Å²) in [6.07, 6.45) is 3.24. The summed E-state index contributed by atoms with van der Waals surface area (Å²) in [6.45, 7) is 1.78. The van der Waals surface area contributed by atoms with Crippen molar-refractivity contribution < 1.29 is 23.1 Å². The highest BCUT2D eigenvalue weighted by atomic mass is 35.5. The molecule has 0 radical (unpaired) electrons. The van der Waals surface area contributed by atoms with Crippen molar-refractivity contribution in [1.82, 2.24) is 4.98 Å². The van der Waals surface area contributed by atoms with Crippen molar-refractivity contribution in [1.29, 1.82) is 0 Å². The van der Waals surface area contributed by atoms with Crippen molar-refractivity contribution in [3.63, 3.8) is 0 Å². The van der Waals surface area contributed by atoms with Crippen molar-refractivity contribution in [2.45, 2.75) is 30.7 Å². The summed E-state index contributed by atoms with van der Waals surface area (Å²) in [5.41, 5.74) is 1.66. The Hall–Kier alpha value is -3.14. The highest BCUT2D eigenvalue weighted by molar-refractivity contribution is 7.91. The summed E-state index contributed by atoms with van der Waals surface area (Å²) in [6, 6.07) is 11.8. The quantitative estimate of drug-likeness (QED) is 0.335. The van der Waals surface area contributed by atoms with Crippen molar-refractivity contribution in [2.24, 2.45) is 0 Å². The third-order valence-electron chi connectivity index (χ3n) is 5.04. The number of benzene rings is 2. The van der Waals surface area contributed by atoms with E-state index in [1.54, 1.807) is 43.3 Å². The zero-order valence-electron chi connectivity index (χ0n) is 18.7. The molecule has 3 N–H and O–H groups in total. The van der Waals surface area contributed by atoms with Crippen molar-refractivity contribution >= 4 is 56.3 Å². The van der Waals surface area contributed by atoms with Crippen molar-refractivity contribution in [3.05, 3.63) is 82.1 Å². The van der Waals surface area contributed by atoms with Gasteiger partial charge >= 0.3 is 5.97 Å². The molecule has 0 saturated heterocycles. The first kappa shape index (κ1) is 26.5. The molecule has 1 aromatic heterocycles. The fourth-order valence-electron chi connectivity index (χ4n) is 3.35. The van der Waals surface area contributed by atoms with E-state index in [0.29, 0.717) is 23.4 Å². The first-order valence-corrected chi connectivity index (χ1v) is 13.0. The summed E-state index contributed by atoms with van der Waals surface area (Å²) < 4.78 is 24.7. The molecule has 0 unspecified atom stereocenters. The molecule has 0 aliphatic heterocycles. The van der Waals surface area contributed by atoms with E-state index in [4.69, 9.17) is 23.2 Å². The molecule has 1 heterocycles. The van der Waals surface area contributed by atoms with Gasteiger partial charge in [-0.25, -0.2) is 13.2 Å². The number of rotatable bonds is 10. The molecule has 2 aromatic carbocycles. The number of carbonyl (C=O) groups is 2. The Kier molecular flexibility index (Phi) is 8.71. The van der Waals surface area contributed by atoms with Gasteiger partial charge in [-0.1, -0.05) is 48.3 Å². The number of carbonyl (C=O) groups excluding carboxylic acids is 1. The van der Waals surface area contributed by atoms with Crippen LogP contribution < -0.4 is 10.6 Å². The van der Waals surface area contributed by atoms with Crippen LogP contribution in [-0.4, -0.2) is 42.2 Å². The molecule has 11 heteroatoms.